The SMILES string of the molecule is CC(C)[C@H](NC(=O)OCC1c2ccccc2-c2ccccc21)C(=O)N[C@@H](CCCNC(N)=O)C(=O)Nc1ccc(COC(=O)NCCSSc2ccccn2)cc1. The Bertz CT molecular complexity index is 1940. The number of hydrogen-bond donors (Lipinski definition) is 6. The van der Waals surface area contributed by atoms with Crippen LogP contribution in [0.15, 0.2) is 102 Å². The molecule has 57 heavy (non-hydrogen) atoms. The molecule has 0 unspecified atom stereocenters. The number of anilines is 1. The second-order valence-electron chi connectivity index (χ2n) is 13.4. The van der Waals surface area contributed by atoms with Crippen molar-refractivity contribution in [2.45, 2.75) is 56.3 Å². The van der Waals surface area contributed by atoms with E-state index in [1.54, 1.807) is 55.1 Å². The van der Waals surface area contributed by atoms with Crippen LogP contribution in [0.25, 0.3) is 11.1 Å². The summed E-state index contributed by atoms with van der Waals surface area (Å²) < 4.78 is 11.0. The number of amides is 6. The quantitative estimate of drug-likeness (QED) is 0.0469. The number of carbonyl (C=O) groups is 5. The maximum Gasteiger partial charge on any atom is 0.407 e. The number of fused-ring (bicyclic) bond motifs is 3. The molecule has 14 nitrogen and oxygen atoms in total. The third kappa shape index (κ3) is 12.9. The summed E-state index contributed by atoms with van der Waals surface area (Å²) in [5.41, 5.74) is 10.7. The molecule has 0 saturated heterocycles. The average Bonchev–Trinajstić information content (AvgIpc) is 3.53. The monoisotopic (exact) mass is 813 g/mol. The summed E-state index contributed by atoms with van der Waals surface area (Å²) in [6.07, 6.45) is 0.912. The third-order valence-corrected chi connectivity index (χ3v) is 11.3. The number of primary amides is 1. The molecular formula is C41H47N7O7S2. The highest BCUT2D eigenvalue weighted by molar-refractivity contribution is 8.76. The molecular weight excluding hydrogens is 767 g/mol. The summed E-state index contributed by atoms with van der Waals surface area (Å²) in [5, 5.41) is 14.4. The fourth-order valence-electron chi connectivity index (χ4n) is 6.16. The molecule has 6 amide bonds. The van der Waals surface area contributed by atoms with E-state index in [-0.39, 0.29) is 38.0 Å². The predicted octanol–water partition coefficient (Wildman–Crippen LogP) is 6.18. The van der Waals surface area contributed by atoms with Crippen molar-refractivity contribution in [1.82, 2.24) is 26.3 Å². The summed E-state index contributed by atoms with van der Waals surface area (Å²) in [6.45, 7) is 4.26. The standard InChI is InChI=1S/C41H47N7O7S2/c1-26(2)36(48-41(53)55-25-33-31-12-5-3-10-29(31)30-11-4-6-13-32(30)33)38(50)47-34(14-9-21-44-39(42)51)37(49)46-28-18-16-27(17-19-28)24-54-40(52)45-22-23-56-57-35-15-7-8-20-43-35/h3-8,10-13,15-20,26,33-34,36H,9,14,21-25H2,1-2H3,(H,45,52)(H,46,49)(H,47,50)(H,48,53)(H3,42,44,51)/t34-,36-/m0/s1. The minimum atomic E-state index is -1.02. The van der Waals surface area contributed by atoms with Crippen LogP contribution in [-0.4, -0.2) is 72.5 Å². The maximum absolute atomic E-state index is 13.6. The molecule has 1 aliphatic carbocycles. The second-order valence-corrected chi connectivity index (χ2v) is 15.9. The molecule has 3 aromatic carbocycles. The second kappa shape index (κ2) is 21.5. The van der Waals surface area contributed by atoms with Gasteiger partial charge in [0, 0.05) is 36.6 Å². The highest BCUT2D eigenvalue weighted by Crippen LogP contribution is 2.44. The molecule has 5 rings (SSSR count). The lowest BCUT2D eigenvalue weighted by Crippen LogP contribution is -2.54. The van der Waals surface area contributed by atoms with Crippen LogP contribution in [0, 0.1) is 5.92 Å². The van der Waals surface area contributed by atoms with Crippen LogP contribution >= 0.6 is 21.6 Å². The molecule has 300 valence electrons. The molecule has 1 aliphatic rings. The summed E-state index contributed by atoms with van der Waals surface area (Å²) in [6, 6.07) is 25.7. The molecule has 0 radical (unpaired) electrons. The zero-order chi connectivity index (χ0) is 40.6. The fourth-order valence-corrected chi connectivity index (χ4v) is 7.94. The van der Waals surface area contributed by atoms with E-state index < -0.39 is 42.1 Å². The Labute approximate surface area is 339 Å². The van der Waals surface area contributed by atoms with Crippen molar-refractivity contribution in [3.63, 3.8) is 0 Å². The van der Waals surface area contributed by atoms with Gasteiger partial charge in [0.1, 0.15) is 30.3 Å². The van der Waals surface area contributed by atoms with Gasteiger partial charge in [-0.2, -0.15) is 0 Å². The Kier molecular flexibility index (Phi) is 16.0. The van der Waals surface area contributed by atoms with Gasteiger partial charge in [0.2, 0.25) is 11.8 Å². The Morgan fingerprint density at radius 1 is 0.772 bits per heavy atom. The fraction of sp³-hybridized carbons (Fsp3) is 0.317. The first kappa shape index (κ1) is 42.4. The number of hydrogen-bond acceptors (Lipinski definition) is 10. The number of benzene rings is 3. The van der Waals surface area contributed by atoms with Crippen molar-refractivity contribution in [3.05, 3.63) is 114 Å². The van der Waals surface area contributed by atoms with Gasteiger partial charge in [-0.25, -0.2) is 19.4 Å². The van der Waals surface area contributed by atoms with Crippen LogP contribution in [0.2, 0.25) is 0 Å². The first-order valence-electron chi connectivity index (χ1n) is 18.5. The van der Waals surface area contributed by atoms with Gasteiger partial charge in [0.15, 0.2) is 0 Å². The highest BCUT2D eigenvalue weighted by Gasteiger charge is 2.32. The number of ether oxygens (including phenoxy) is 2. The van der Waals surface area contributed by atoms with Crippen LogP contribution in [0.5, 0.6) is 0 Å². The molecule has 4 aromatic rings. The van der Waals surface area contributed by atoms with Crippen LogP contribution in [0.4, 0.5) is 20.1 Å². The van der Waals surface area contributed by atoms with Crippen molar-refractivity contribution < 1.29 is 33.4 Å². The van der Waals surface area contributed by atoms with Crippen LogP contribution < -0.4 is 32.3 Å². The summed E-state index contributed by atoms with van der Waals surface area (Å²) >= 11 is 0. The minimum absolute atomic E-state index is 0.0225. The molecule has 7 N–H and O–H groups in total. The van der Waals surface area contributed by atoms with Gasteiger partial charge >= 0.3 is 18.2 Å². The lowest BCUT2D eigenvalue weighted by molar-refractivity contribution is -0.128. The van der Waals surface area contributed by atoms with Crippen molar-refractivity contribution in [1.29, 1.82) is 0 Å². The molecule has 0 saturated carbocycles. The van der Waals surface area contributed by atoms with Crippen molar-refractivity contribution in [2.75, 3.05) is 30.8 Å². The topological polar surface area (TPSA) is 203 Å². The first-order valence-corrected chi connectivity index (χ1v) is 20.9. The van der Waals surface area contributed by atoms with Crippen molar-refractivity contribution in [2.24, 2.45) is 11.7 Å². The molecule has 0 aliphatic heterocycles. The number of alkyl carbamates (subject to hydrolysis) is 2. The van der Waals surface area contributed by atoms with E-state index in [1.807, 2.05) is 66.7 Å². The molecule has 16 heteroatoms. The molecule has 0 spiro atoms. The Balaban J connectivity index is 1.11. The van der Waals surface area contributed by atoms with Gasteiger partial charge in [-0.05, 0) is 81.6 Å². The highest BCUT2D eigenvalue weighted by atomic mass is 33.1. The van der Waals surface area contributed by atoms with Crippen molar-refractivity contribution in [3.8, 4) is 11.1 Å². The lowest BCUT2D eigenvalue weighted by Gasteiger charge is -2.25. The average molecular weight is 814 g/mol. The molecule has 0 bridgehead atoms. The number of rotatable bonds is 19. The molecule has 1 aromatic heterocycles. The molecule has 1 heterocycles. The number of nitrogens with zero attached hydrogens (tertiary/aromatic N) is 1. The third-order valence-electron chi connectivity index (χ3n) is 9.00. The van der Waals surface area contributed by atoms with E-state index >= 15 is 0 Å². The summed E-state index contributed by atoms with van der Waals surface area (Å²) in [7, 11) is 3.10. The van der Waals surface area contributed by atoms with E-state index in [0.717, 1.165) is 27.3 Å². The first-order chi connectivity index (χ1) is 27.6. The number of carbonyl (C=O) groups excluding carboxylic acids is 5. The molecule has 2 atom stereocenters. The normalized spacial score (nSPS) is 12.7. The van der Waals surface area contributed by atoms with E-state index in [1.165, 1.54) is 10.8 Å². The number of aromatic nitrogens is 1. The molecule has 0 fully saturated rings. The number of urea groups is 1. The number of nitrogens with two attached hydrogens (primary N) is 1. The van der Waals surface area contributed by atoms with E-state index in [9.17, 15) is 24.0 Å². The maximum atomic E-state index is 13.6. The summed E-state index contributed by atoms with van der Waals surface area (Å²) in [4.78, 5) is 67.9. The van der Waals surface area contributed by atoms with Crippen LogP contribution in [0.1, 0.15) is 49.3 Å². The Morgan fingerprint density at radius 3 is 2.11 bits per heavy atom. The van der Waals surface area contributed by atoms with E-state index in [0.29, 0.717) is 30.0 Å². The zero-order valence-electron chi connectivity index (χ0n) is 31.7. The number of pyridine rings is 1. The van der Waals surface area contributed by atoms with Gasteiger partial charge in [-0.3, -0.25) is 9.59 Å². The lowest BCUT2D eigenvalue weighted by atomic mass is 9.98. The Morgan fingerprint density at radius 2 is 1.46 bits per heavy atom. The summed E-state index contributed by atoms with van der Waals surface area (Å²) in [5.74, 6) is -0.912. The smallest absolute Gasteiger partial charge is 0.407 e. The van der Waals surface area contributed by atoms with E-state index in [4.69, 9.17) is 15.2 Å². The minimum Gasteiger partial charge on any atom is -0.449 e. The predicted molar refractivity (Wildman–Crippen MR) is 221 cm³/mol. The van der Waals surface area contributed by atoms with Gasteiger partial charge < -0.3 is 41.8 Å². The van der Waals surface area contributed by atoms with Crippen molar-refractivity contribution >= 4 is 57.3 Å². The largest absolute Gasteiger partial charge is 0.449 e. The van der Waals surface area contributed by atoms with Gasteiger partial charge in [-0.1, -0.05) is 91.4 Å². The number of nitrogens with one attached hydrogen (secondary N) is 5. The van der Waals surface area contributed by atoms with Crippen LogP contribution in [-0.2, 0) is 25.7 Å². The van der Waals surface area contributed by atoms with Gasteiger partial charge in [0.05, 0.1) is 0 Å². The zero-order valence-corrected chi connectivity index (χ0v) is 33.3. The van der Waals surface area contributed by atoms with Gasteiger partial charge in [0.25, 0.3) is 0 Å². The van der Waals surface area contributed by atoms with Crippen LogP contribution in [0.3, 0.4) is 0 Å². The Hall–Kier alpha value is -5.74. The van der Waals surface area contributed by atoms with E-state index in [2.05, 4.69) is 31.6 Å². The van der Waals surface area contributed by atoms with Gasteiger partial charge in [-0.15, -0.1) is 0 Å².